The van der Waals surface area contributed by atoms with E-state index >= 15 is 0 Å². The van der Waals surface area contributed by atoms with E-state index in [0.29, 0.717) is 27.9 Å². The molecular weight excluding hydrogens is 422 g/mol. The Morgan fingerprint density at radius 2 is 2.13 bits per heavy atom. The Labute approximate surface area is 185 Å². The lowest BCUT2D eigenvalue weighted by atomic mass is 10.1. The molecule has 1 aromatic rings. The zero-order chi connectivity index (χ0) is 23.4. The van der Waals surface area contributed by atoms with Crippen molar-refractivity contribution in [2.24, 2.45) is 10.9 Å². The van der Waals surface area contributed by atoms with E-state index in [1.165, 1.54) is 32.2 Å². The van der Waals surface area contributed by atoms with Gasteiger partial charge in [0.25, 0.3) is 5.91 Å². The average molecular weight is 450 g/mol. The van der Waals surface area contributed by atoms with Gasteiger partial charge in [-0.05, 0) is 26.2 Å². The number of methoxy groups -OCH3 is 2. The average Bonchev–Trinajstić information content (AvgIpc) is 2.79. The number of aromatic nitrogens is 2. The van der Waals surface area contributed by atoms with Crippen LogP contribution < -0.4 is 11.2 Å². The van der Waals surface area contributed by atoms with E-state index < -0.39 is 5.91 Å². The van der Waals surface area contributed by atoms with Gasteiger partial charge in [-0.3, -0.25) is 4.79 Å². The van der Waals surface area contributed by atoms with Crippen molar-refractivity contribution in [1.29, 1.82) is 0 Å². The first kappa shape index (κ1) is 25.7. The van der Waals surface area contributed by atoms with E-state index in [1.54, 1.807) is 32.3 Å². The molecule has 0 unspecified atom stereocenters. The second kappa shape index (κ2) is 13.1. The van der Waals surface area contributed by atoms with Crippen molar-refractivity contribution in [3.05, 3.63) is 65.5 Å². The number of allylic oxidation sites excluding steroid dienone is 3. The molecule has 0 saturated carbocycles. The topological polar surface area (TPSA) is 141 Å². The molecule has 0 saturated heterocycles. The van der Waals surface area contributed by atoms with E-state index in [1.807, 2.05) is 0 Å². The van der Waals surface area contributed by atoms with Gasteiger partial charge >= 0.3 is 0 Å². The summed E-state index contributed by atoms with van der Waals surface area (Å²) in [4.78, 5) is 29.8. The molecule has 0 atom stereocenters. The maximum absolute atomic E-state index is 12.7. The Morgan fingerprint density at radius 1 is 1.42 bits per heavy atom. The molecule has 0 aliphatic heterocycles. The Hall–Kier alpha value is -3.31. The van der Waals surface area contributed by atoms with Gasteiger partial charge in [-0.1, -0.05) is 6.58 Å². The van der Waals surface area contributed by atoms with Gasteiger partial charge in [-0.15, -0.1) is 11.8 Å². The molecule has 0 bridgehead atoms. The number of nitrogens with one attached hydrogen (secondary N) is 1. The normalized spacial score (nSPS) is 13.3. The van der Waals surface area contributed by atoms with Crippen LogP contribution in [0.25, 0.3) is 0 Å². The molecule has 11 heteroatoms. The molecule has 0 spiro atoms. The summed E-state index contributed by atoms with van der Waals surface area (Å²) in [5.41, 5.74) is 0.247. The van der Waals surface area contributed by atoms with Gasteiger partial charge in [0.05, 0.1) is 32.5 Å². The smallest absolute Gasteiger partial charge is 0.274 e. The molecular formula is C20H27N5O5S. The zero-order valence-corrected chi connectivity index (χ0v) is 18.9. The maximum Gasteiger partial charge on any atom is 0.274 e. The highest BCUT2D eigenvalue weighted by atomic mass is 32.2. The number of amides is 1. The Balaban J connectivity index is 3.23. The summed E-state index contributed by atoms with van der Waals surface area (Å²) in [6, 6.07) is 0. The minimum absolute atomic E-state index is 0.0306. The Kier molecular flexibility index (Phi) is 10.9. The van der Waals surface area contributed by atoms with Gasteiger partial charge in [0, 0.05) is 12.3 Å². The number of nitrogens with two attached hydrogens (primary N) is 1. The van der Waals surface area contributed by atoms with Crippen LogP contribution in [0.5, 0.6) is 5.75 Å². The molecule has 0 aromatic carbocycles. The molecule has 0 fully saturated rings. The van der Waals surface area contributed by atoms with Crippen LogP contribution in [0.1, 0.15) is 30.2 Å². The van der Waals surface area contributed by atoms with Crippen molar-refractivity contribution in [1.82, 2.24) is 15.3 Å². The van der Waals surface area contributed by atoms with E-state index in [4.69, 9.17) is 20.2 Å². The molecule has 1 aromatic heterocycles. The third-order valence-electron chi connectivity index (χ3n) is 3.92. The summed E-state index contributed by atoms with van der Waals surface area (Å²) in [7, 11) is 2.98. The molecule has 10 nitrogen and oxygen atoms in total. The molecule has 168 valence electrons. The van der Waals surface area contributed by atoms with Crippen LogP contribution in [0, 0.1) is 0 Å². The van der Waals surface area contributed by atoms with Gasteiger partial charge in [0.15, 0.2) is 17.3 Å². The number of nitrogens with zero attached hydrogens (tertiary/aromatic N) is 3. The third-order valence-corrected chi connectivity index (χ3v) is 4.59. The molecule has 1 amide bonds. The fourth-order valence-corrected chi connectivity index (χ4v) is 2.76. The number of aliphatic imine (C=N–C) groups is 1. The van der Waals surface area contributed by atoms with Crippen molar-refractivity contribution in [3.8, 4) is 5.75 Å². The molecule has 0 aliphatic carbocycles. The number of rotatable bonds is 10. The second-order valence-electron chi connectivity index (χ2n) is 5.69. The van der Waals surface area contributed by atoms with Crippen LogP contribution in [-0.4, -0.2) is 53.0 Å². The van der Waals surface area contributed by atoms with Crippen molar-refractivity contribution in [3.63, 3.8) is 0 Å². The van der Waals surface area contributed by atoms with Crippen molar-refractivity contribution in [2.45, 2.75) is 13.8 Å². The number of aromatic hydroxyl groups is 1. The first-order valence-electron chi connectivity index (χ1n) is 8.96. The first-order chi connectivity index (χ1) is 14.9. The van der Waals surface area contributed by atoms with Crippen LogP contribution >= 0.6 is 11.8 Å². The summed E-state index contributed by atoms with van der Waals surface area (Å²) in [6.07, 6.45) is 7.62. The summed E-state index contributed by atoms with van der Waals surface area (Å²) in [5.74, 6) is 5.70. The lowest BCUT2D eigenvalue weighted by Gasteiger charge is -2.15. The number of carbonyl (C=O) groups excluding carboxylic acids is 1. The van der Waals surface area contributed by atoms with Crippen LogP contribution in [0.2, 0.25) is 0 Å². The fourth-order valence-electron chi connectivity index (χ4n) is 2.30. The van der Waals surface area contributed by atoms with Crippen LogP contribution in [0.4, 0.5) is 0 Å². The number of ether oxygens (including phenoxy) is 2. The Morgan fingerprint density at radius 3 is 2.65 bits per heavy atom. The fraction of sp³-hybridized carbons (Fsp3) is 0.300. The lowest BCUT2D eigenvalue weighted by Crippen LogP contribution is -2.28. The maximum atomic E-state index is 12.7. The number of carbonyl (C=O) groups is 1. The Bertz CT molecular complexity index is 925. The van der Waals surface area contributed by atoms with Crippen molar-refractivity contribution >= 4 is 22.7 Å². The largest absolute Gasteiger partial charge is 0.504 e. The standard InChI is InChI=1S/C20H27N5O5S/c1-7-13(28-4)9-16(29-5)14(12(3)30-21)10-24-19(27)17-15(26)11-23-18(25-17)20(31-6)22-8-2/h7-9,11,26H,2,10,21H2,1,3-6H3,(H,24,27)/b13-7+,14-12+,16-9+,22-20?. The second-order valence-corrected chi connectivity index (χ2v) is 6.49. The highest BCUT2D eigenvalue weighted by Gasteiger charge is 2.19. The molecule has 31 heavy (non-hydrogen) atoms. The van der Waals surface area contributed by atoms with Crippen LogP contribution in [0.3, 0.4) is 0 Å². The van der Waals surface area contributed by atoms with Gasteiger partial charge in [-0.2, -0.15) is 5.90 Å². The highest BCUT2D eigenvalue weighted by molar-refractivity contribution is 8.13. The van der Waals surface area contributed by atoms with Crippen molar-refractivity contribution < 1.29 is 24.2 Å². The molecule has 4 N–H and O–H groups in total. The summed E-state index contributed by atoms with van der Waals surface area (Å²) in [5, 5.41) is 13.2. The molecule has 1 rings (SSSR count). The number of hydrogen-bond donors (Lipinski definition) is 3. The van der Waals surface area contributed by atoms with Gasteiger partial charge in [0.1, 0.15) is 22.3 Å². The summed E-state index contributed by atoms with van der Waals surface area (Å²) >= 11 is 1.28. The zero-order valence-electron chi connectivity index (χ0n) is 18.1. The van der Waals surface area contributed by atoms with Crippen molar-refractivity contribution in [2.75, 3.05) is 27.0 Å². The number of thioether (sulfide) groups is 1. The predicted octanol–water partition coefficient (Wildman–Crippen LogP) is 2.41. The summed E-state index contributed by atoms with van der Waals surface area (Å²) in [6.45, 7) is 6.92. The van der Waals surface area contributed by atoms with Gasteiger partial charge in [0.2, 0.25) is 0 Å². The van der Waals surface area contributed by atoms with Gasteiger partial charge < -0.3 is 24.7 Å². The molecule has 0 radical (unpaired) electrons. The third kappa shape index (κ3) is 7.15. The van der Waals surface area contributed by atoms with E-state index in [-0.39, 0.29) is 23.8 Å². The van der Waals surface area contributed by atoms with Gasteiger partial charge in [-0.25, -0.2) is 15.0 Å². The number of hydrogen-bond acceptors (Lipinski definition) is 10. The lowest BCUT2D eigenvalue weighted by molar-refractivity contribution is 0.0947. The predicted molar refractivity (Wildman–Crippen MR) is 120 cm³/mol. The van der Waals surface area contributed by atoms with E-state index in [2.05, 4.69) is 26.9 Å². The molecule has 1 heterocycles. The minimum Gasteiger partial charge on any atom is -0.504 e. The summed E-state index contributed by atoms with van der Waals surface area (Å²) < 4.78 is 10.6. The molecule has 0 aliphatic rings. The quantitative estimate of drug-likeness (QED) is 0.161. The monoisotopic (exact) mass is 449 g/mol. The van der Waals surface area contributed by atoms with Crippen LogP contribution in [0.15, 0.2) is 59.0 Å². The minimum atomic E-state index is -0.643. The highest BCUT2D eigenvalue weighted by Crippen LogP contribution is 2.19. The van der Waals surface area contributed by atoms with Crippen LogP contribution in [-0.2, 0) is 14.3 Å². The SMILES string of the molecule is C=CN=C(SC)c1ncc(O)c(C(=O)NCC(/C(=C\C(=C/C)OC)OC)=C(/C)ON)n1. The first-order valence-corrected chi connectivity index (χ1v) is 10.2. The van der Waals surface area contributed by atoms with E-state index in [9.17, 15) is 9.90 Å². The van der Waals surface area contributed by atoms with E-state index in [0.717, 1.165) is 6.20 Å².